The van der Waals surface area contributed by atoms with Crippen molar-refractivity contribution in [1.29, 1.82) is 0 Å². The molecule has 0 spiro atoms. The normalized spacial score (nSPS) is 4.50. The van der Waals surface area contributed by atoms with E-state index in [4.69, 9.17) is 0 Å². The third-order valence-corrected chi connectivity index (χ3v) is 0.566. The Kier molecular flexibility index (Phi) is 7.25. The maximum Gasteiger partial charge on any atom is 0.137 e. The van der Waals surface area contributed by atoms with Crippen molar-refractivity contribution in [3.05, 3.63) is 58.5 Å². The van der Waals surface area contributed by atoms with E-state index in [9.17, 15) is 8.78 Å². The lowest BCUT2D eigenvalue weighted by atomic mass is 10.7. The van der Waals surface area contributed by atoms with Gasteiger partial charge in [0.2, 0.25) is 0 Å². The van der Waals surface area contributed by atoms with Crippen LogP contribution < -0.4 is 0 Å². The van der Waals surface area contributed by atoms with E-state index in [1.165, 1.54) is 0 Å². The first-order valence-electron chi connectivity index (χ1n) is 2.76. The molecule has 0 aliphatic rings. The first-order valence-corrected chi connectivity index (χ1v) is 2.76. The smallest absolute Gasteiger partial charge is 0.137 e. The maximum atomic E-state index is 11.2. The highest BCUT2D eigenvalue weighted by atomic mass is 19.1. The first-order chi connectivity index (χ1) is 5.91. The van der Waals surface area contributed by atoms with Crippen LogP contribution in [0.2, 0.25) is 0 Å². The summed E-state index contributed by atoms with van der Waals surface area (Å²) in [6.07, 6.45) is 0.361. The van der Waals surface area contributed by atoms with Gasteiger partial charge in [0, 0.05) is 0 Å². The fourth-order valence-electron chi connectivity index (χ4n) is 0.252. The fraction of sp³-hybridized carbons (Fsp3) is 0. The molecule has 0 heterocycles. The molecule has 0 aromatic heterocycles. The van der Waals surface area contributed by atoms with Crippen LogP contribution in [0.5, 0.6) is 0 Å². The Morgan fingerprint density at radius 3 is 1.25 bits per heavy atom. The standard InChI is InChI=1S/C10H2F2/c11-9-7-5-3-1-2-4-6-8-10-12/h9-10H. The summed E-state index contributed by atoms with van der Waals surface area (Å²) < 4.78 is 22.4. The van der Waals surface area contributed by atoms with Gasteiger partial charge < -0.3 is 0 Å². The molecule has 56 valence electrons. The molecule has 2 heteroatoms. The van der Waals surface area contributed by atoms with E-state index in [0.717, 1.165) is 0 Å². The molecule has 0 unspecified atom stereocenters. The molecule has 0 aromatic carbocycles. The number of rotatable bonds is 0. The van der Waals surface area contributed by atoms with Crippen LogP contribution in [0.25, 0.3) is 0 Å². The monoisotopic (exact) mass is 160 g/mol. The summed E-state index contributed by atoms with van der Waals surface area (Å²) in [7, 11) is 0. The van der Waals surface area contributed by atoms with E-state index in [1.54, 1.807) is 0 Å². The zero-order valence-corrected chi connectivity index (χ0v) is 5.91. The molecule has 0 radical (unpaired) electrons. The molecule has 0 atom stereocenters. The largest absolute Gasteiger partial charge is 0.206 e. The molecule has 0 aliphatic heterocycles. The van der Waals surface area contributed by atoms with Crippen molar-refractivity contribution in [3.8, 4) is 0 Å². The van der Waals surface area contributed by atoms with Gasteiger partial charge in [0.1, 0.15) is 12.7 Å². The van der Waals surface area contributed by atoms with Gasteiger partial charge in [-0.15, -0.1) is 0 Å². The SMILES string of the molecule is FC=C=C=C=C=C=C=C=C=CF. The van der Waals surface area contributed by atoms with Crippen molar-refractivity contribution in [1.82, 2.24) is 0 Å². The number of halogens is 2. The Bertz CT molecular complexity index is 390. The Balaban J connectivity index is 5.17. The quantitative estimate of drug-likeness (QED) is 0.478. The predicted octanol–water partition coefficient (Wildman–Crippen LogP) is 2.64. The Morgan fingerprint density at radius 2 is 0.917 bits per heavy atom. The van der Waals surface area contributed by atoms with Crippen molar-refractivity contribution >= 4 is 0 Å². The molecule has 0 aromatic rings. The van der Waals surface area contributed by atoms with Crippen LogP contribution in [0.3, 0.4) is 0 Å². The average molecular weight is 160 g/mol. The van der Waals surface area contributed by atoms with Gasteiger partial charge in [0.25, 0.3) is 0 Å². The molecule has 0 rings (SSSR count). The summed E-state index contributed by atoms with van der Waals surface area (Å²) in [5.74, 6) is 0. The average Bonchev–Trinajstić information content (AvgIpc) is 2.10. The lowest BCUT2D eigenvalue weighted by Crippen LogP contribution is -1.24. The lowest BCUT2D eigenvalue weighted by molar-refractivity contribution is 0.723. The maximum absolute atomic E-state index is 11.2. The molecule has 0 bridgehead atoms. The van der Waals surface area contributed by atoms with Gasteiger partial charge in [-0.3, -0.25) is 0 Å². The highest BCUT2D eigenvalue weighted by Crippen LogP contribution is 1.61. The Morgan fingerprint density at radius 1 is 0.583 bits per heavy atom. The predicted molar refractivity (Wildman–Crippen MR) is 39.5 cm³/mol. The summed E-state index contributed by atoms with van der Waals surface area (Å²) >= 11 is 0. The summed E-state index contributed by atoms with van der Waals surface area (Å²) in [4.78, 5) is 0. The van der Waals surface area contributed by atoms with Crippen LogP contribution in [-0.4, -0.2) is 0 Å². The second kappa shape index (κ2) is 8.84. The van der Waals surface area contributed by atoms with E-state index in [-0.39, 0.29) is 12.7 Å². The molecule has 0 saturated heterocycles. The third kappa shape index (κ3) is 7.84. The lowest BCUT2D eigenvalue weighted by Gasteiger charge is -1.42. The Hall–Kier alpha value is -2.16. The van der Waals surface area contributed by atoms with Crippen molar-refractivity contribution in [2.24, 2.45) is 0 Å². The Labute approximate surface area is 68.1 Å². The van der Waals surface area contributed by atoms with E-state index in [0.29, 0.717) is 0 Å². The molecule has 0 amide bonds. The molecule has 0 N–H and O–H groups in total. The molecule has 12 heavy (non-hydrogen) atoms. The van der Waals surface area contributed by atoms with Crippen molar-refractivity contribution < 1.29 is 8.78 Å². The summed E-state index contributed by atoms with van der Waals surface area (Å²) in [5.41, 5.74) is 17.2. The van der Waals surface area contributed by atoms with Crippen molar-refractivity contribution in [2.75, 3.05) is 0 Å². The van der Waals surface area contributed by atoms with E-state index < -0.39 is 0 Å². The van der Waals surface area contributed by atoms with E-state index in [2.05, 4.69) is 34.4 Å². The highest BCUT2D eigenvalue weighted by molar-refractivity contribution is 4.89. The molecule has 0 fully saturated rings. The van der Waals surface area contributed by atoms with Gasteiger partial charge in [0.05, 0.1) is 0 Å². The van der Waals surface area contributed by atoms with E-state index in [1.807, 2.05) is 11.5 Å². The molecular formula is C10H2F2. The zero-order chi connectivity index (χ0) is 9.07. The van der Waals surface area contributed by atoms with Gasteiger partial charge in [-0.1, -0.05) is 0 Å². The van der Waals surface area contributed by atoms with Crippen LogP contribution in [0.4, 0.5) is 8.78 Å². The number of hydrogen-bond donors (Lipinski definition) is 0. The minimum atomic E-state index is 0.181. The first kappa shape index (κ1) is 9.84. The van der Waals surface area contributed by atoms with Gasteiger partial charge in [0.15, 0.2) is 0 Å². The minimum absolute atomic E-state index is 0.181. The van der Waals surface area contributed by atoms with Crippen LogP contribution in [0.1, 0.15) is 0 Å². The molecule has 0 aliphatic carbocycles. The molecule has 0 saturated carbocycles. The molecule has 0 nitrogen and oxygen atoms in total. The second-order valence-corrected chi connectivity index (χ2v) is 1.26. The van der Waals surface area contributed by atoms with Crippen molar-refractivity contribution in [2.45, 2.75) is 0 Å². The second-order valence-electron chi connectivity index (χ2n) is 1.26. The van der Waals surface area contributed by atoms with Crippen LogP contribution >= 0.6 is 0 Å². The van der Waals surface area contributed by atoms with E-state index >= 15 is 0 Å². The fourth-order valence-corrected chi connectivity index (χ4v) is 0.252. The van der Waals surface area contributed by atoms with Crippen LogP contribution in [0, 0.1) is 0 Å². The third-order valence-electron chi connectivity index (χ3n) is 0.566. The van der Waals surface area contributed by atoms with Gasteiger partial charge in [-0.25, -0.2) is 8.78 Å². The highest BCUT2D eigenvalue weighted by Gasteiger charge is 1.43. The number of hydrogen-bond acceptors (Lipinski definition) is 0. The molecular weight excluding hydrogens is 158 g/mol. The van der Waals surface area contributed by atoms with Gasteiger partial charge >= 0.3 is 0 Å². The summed E-state index contributed by atoms with van der Waals surface area (Å²) in [6.45, 7) is 0. The summed E-state index contributed by atoms with van der Waals surface area (Å²) in [6, 6.07) is 0. The zero-order valence-electron chi connectivity index (χ0n) is 5.91. The summed E-state index contributed by atoms with van der Waals surface area (Å²) in [5, 5.41) is 0. The van der Waals surface area contributed by atoms with Gasteiger partial charge in [-0.2, -0.15) is 0 Å². The van der Waals surface area contributed by atoms with Crippen LogP contribution in [0.15, 0.2) is 58.5 Å². The van der Waals surface area contributed by atoms with Gasteiger partial charge in [-0.05, 0) is 45.8 Å². The minimum Gasteiger partial charge on any atom is -0.206 e. The van der Waals surface area contributed by atoms with Crippen LogP contribution in [-0.2, 0) is 0 Å². The van der Waals surface area contributed by atoms with Crippen molar-refractivity contribution in [3.63, 3.8) is 0 Å². The topological polar surface area (TPSA) is 0 Å².